The van der Waals surface area contributed by atoms with E-state index in [1.165, 1.54) is 17.7 Å². The van der Waals surface area contributed by atoms with Crippen molar-refractivity contribution in [2.24, 2.45) is 11.8 Å². The summed E-state index contributed by atoms with van der Waals surface area (Å²) in [7, 11) is 0.284. The zero-order valence-corrected chi connectivity index (χ0v) is 15.5. The van der Waals surface area contributed by atoms with Crippen molar-refractivity contribution in [2.45, 2.75) is 29.2 Å². The predicted octanol–water partition coefficient (Wildman–Crippen LogP) is 5.31. The Labute approximate surface area is 158 Å². The highest BCUT2D eigenvalue weighted by Gasteiger charge is 2.46. The van der Waals surface area contributed by atoms with Gasteiger partial charge in [0.15, 0.2) is 0 Å². The van der Waals surface area contributed by atoms with E-state index in [-0.39, 0.29) is 17.1 Å². The average molecular weight is 392 g/mol. The van der Waals surface area contributed by atoms with Gasteiger partial charge >= 0.3 is 6.18 Å². The molecule has 2 nitrogen and oxygen atoms in total. The van der Waals surface area contributed by atoms with Gasteiger partial charge in [-0.15, -0.1) is 0 Å². The van der Waals surface area contributed by atoms with Crippen LogP contribution >= 0.6 is 0 Å². The molecule has 4 rings (SSSR count). The van der Waals surface area contributed by atoms with E-state index in [2.05, 4.69) is 6.08 Å². The van der Waals surface area contributed by atoms with Crippen molar-refractivity contribution in [1.82, 2.24) is 0 Å². The van der Waals surface area contributed by atoms with Crippen molar-refractivity contribution in [3.8, 4) is 5.75 Å². The molecule has 1 saturated carbocycles. The second-order valence-electron chi connectivity index (χ2n) is 6.98. The molecule has 2 aliphatic carbocycles. The number of methoxy groups -OCH3 is 1. The van der Waals surface area contributed by atoms with Crippen LogP contribution in [0, 0.1) is 11.8 Å². The molecule has 0 amide bonds. The quantitative estimate of drug-likeness (QED) is 0.705. The molecule has 0 heterocycles. The van der Waals surface area contributed by atoms with Crippen molar-refractivity contribution >= 4 is 16.4 Å². The maximum atomic E-state index is 13.1. The Kier molecular flexibility index (Phi) is 4.62. The Morgan fingerprint density at radius 3 is 2.26 bits per heavy atom. The number of benzene rings is 2. The first-order chi connectivity index (χ1) is 12.9. The summed E-state index contributed by atoms with van der Waals surface area (Å²) >= 11 is 0. The first-order valence-electron chi connectivity index (χ1n) is 8.82. The van der Waals surface area contributed by atoms with Gasteiger partial charge in [0, 0.05) is 4.90 Å². The molecule has 27 heavy (non-hydrogen) atoms. The van der Waals surface area contributed by atoms with Gasteiger partial charge in [-0.25, -0.2) is 0 Å². The molecule has 0 aromatic heterocycles. The zero-order chi connectivity index (χ0) is 19.2. The molecule has 0 N–H and O–H groups in total. The molecule has 0 radical (unpaired) electrons. The standard InChI is InChI=1S/C21H19F3O2S/c1-26-16-7-2-13(3-8-16)19-12-14-4-11-18(19)20(14)27(25)17-9-5-15(6-10-17)21(22,23)24/h2-3,5-10,12,14,18,20H,4,11H2,1H3/t14-,18+,20+,27-/m1/s1. The number of rotatable bonds is 4. The van der Waals surface area contributed by atoms with Gasteiger partial charge in [-0.2, -0.15) is 13.2 Å². The highest BCUT2D eigenvalue weighted by Crippen LogP contribution is 2.51. The Morgan fingerprint density at radius 2 is 1.67 bits per heavy atom. The Bertz CT molecular complexity index is 885. The highest BCUT2D eigenvalue weighted by atomic mass is 32.2. The summed E-state index contributed by atoms with van der Waals surface area (Å²) in [6, 6.07) is 12.6. The van der Waals surface area contributed by atoms with E-state index in [9.17, 15) is 17.4 Å². The van der Waals surface area contributed by atoms with Gasteiger partial charge in [0.2, 0.25) is 0 Å². The van der Waals surface area contributed by atoms with E-state index >= 15 is 0 Å². The summed E-state index contributed by atoms with van der Waals surface area (Å²) in [6.07, 6.45) is -0.251. The van der Waals surface area contributed by atoms with Crippen molar-refractivity contribution in [1.29, 1.82) is 0 Å². The van der Waals surface area contributed by atoms with Gasteiger partial charge < -0.3 is 4.74 Å². The van der Waals surface area contributed by atoms with E-state index in [0.29, 0.717) is 4.90 Å². The van der Waals surface area contributed by atoms with Crippen molar-refractivity contribution in [3.63, 3.8) is 0 Å². The lowest BCUT2D eigenvalue weighted by atomic mass is 9.92. The molecule has 0 aliphatic heterocycles. The summed E-state index contributed by atoms with van der Waals surface area (Å²) in [4.78, 5) is 0.467. The number of hydrogen-bond donors (Lipinski definition) is 0. The van der Waals surface area contributed by atoms with Gasteiger partial charge in [0.05, 0.1) is 28.7 Å². The van der Waals surface area contributed by atoms with Gasteiger partial charge in [-0.3, -0.25) is 4.21 Å². The second-order valence-corrected chi connectivity index (χ2v) is 8.59. The number of halogens is 3. The van der Waals surface area contributed by atoms with E-state index in [1.54, 1.807) is 7.11 Å². The molecular formula is C21H19F3O2S. The first kappa shape index (κ1) is 18.3. The zero-order valence-electron chi connectivity index (χ0n) is 14.7. The maximum absolute atomic E-state index is 13.1. The van der Waals surface area contributed by atoms with Gasteiger partial charge in [-0.1, -0.05) is 18.2 Å². The summed E-state index contributed by atoms with van der Waals surface area (Å²) in [5, 5.41) is -0.0705. The summed E-state index contributed by atoms with van der Waals surface area (Å²) < 4.78 is 56.6. The highest BCUT2D eigenvalue weighted by molar-refractivity contribution is 7.85. The largest absolute Gasteiger partial charge is 0.497 e. The summed E-state index contributed by atoms with van der Waals surface area (Å²) in [6.45, 7) is 0. The van der Waals surface area contributed by atoms with E-state index in [0.717, 1.165) is 36.3 Å². The van der Waals surface area contributed by atoms with Gasteiger partial charge in [0.1, 0.15) is 5.75 Å². The lowest BCUT2D eigenvalue weighted by Crippen LogP contribution is -2.22. The molecule has 2 aromatic rings. The first-order valence-corrected chi connectivity index (χ1v) is 10.0. The molecule has 0 spiro atoms. The molecule has 2 aromatic carbocycles. The molecule has 0 unspecified atom stereocenters. The third-order valence-corrected chi connectivity index (χ3v) is 7.42. The fourth-order valence-electron chi connectivity index (χ4n) is 4.20. The topological polar surface area (TPSA) is 26.3 Å². The number of alkyl halides is 3. The smallest absolute Gasteiger partial charge is 0.416 e. The molecule has 0 saturated heterocycles. The number of fused-ring (bicyclic) bond motifs is 2. The van der Waals surface area contributed by atoms with Crippen LogP contribution in [0.2, 0.25) is 0 Å². The average Bonchev–Trinajstić information content (AvgIpc) is 3.25. The van der Waals surface area contributed by atoms with Crippen LogP contribution < -0.4 is 4.74 Å². The monoisotopic (exact) mass is 392 g/mol. The summed E-state index contributed by atoms with van der Waals surface area (Å²) in [5.74, 6) is 1.16. The molecule has 1 fully saturated rings. The van der Waals surface area contributed by atoms with Gasteiger partial charge in [0.25, 0.3) is 0 Å². The molecule has 142 valence electrons. The number of allylic oxidation sites excluding steroid dienone is 2. The van der Waals surface area contributed by atoms with Crippen LogP contribution in [0.1, 0.15) is 24.0 Å². The van der Waals surface area contributed by atoms with Crippen LogP contribution in [0.3, 0.4) is 0 Å². The number of ether oxygens (including phenoxy) is 1. The molecule has 4 atom stereocenters. The lowest BCUT2D eigenvalue weighted by molar-refractivity contribution is -0.137. The van der Waals surface area contributed by atoms with Crippen LogP contribution in [-0.4, -0.2) is 16.6 Å². The minimum atomic E-state index is -4.38. The Morgan fingerprint density at radius 1 is 1.00 bits per heavy atom. The van der Waals surface area contributed by atoms with Crippen molar-refractivity contribution in [3.05, 3.63) is 65.7 Å². The summed E-state index contributed by atoms with van der Waals surface area (Å²) in [5.41, 5.74) is 1.58. The maximum Gasteiger partial charge on any atom is 0.416 e. The molecule has 2 aliphatic rings. The normalized spacial score (nSPS) is 25.3. The second kappa shape index (κ2) is 6.82. The minimum absolute atomic E-state index is 0.0705. The van der Waals surface area contributed by atoms with Crippen molar-refractivity contribution in [2.75, 3.05) is 7.11 Å². The molecular weight excluding hydrogens is 373 g/mol. The van der Waals surface area contributed by atoms with Crippen LogP contribution in [0.4, 0.5) is 13.2 Å². The van der Waals surface area contributed by atoms with Crippen LogP contribution in [-0.2, 0) is 17.0 Å². The van der Waals surface area contributed by atoms with E-state index in [4.69, 9.17) is 4.74 Å². The van der Waals surface area contributed by atoms with Gasteiger partial charge in [-0.05, 0) is 72.2 Å². The Hall–Kier alpha value is -2.08. The third-order valence-electron chi connectivity index (χ3n) is 5.51. The van der Waals surface area contributed by atoms with Crippen LogP contribution in [0.15, 0.2) is 59.5 Å². The Balaban J connectivity index is 1.56. The predicted molar refractivity (Wildman–Crippen MR) is 98.8 cm³/mol. The van der Waals surface area contributed by atoms with Crippen LogP contribution in [0.5, 0.6) is 5.75 Å². The van der Waals surface area contributed by atoms with E-state index in [1.807, 2.05) is 24.3 Å². The minimum Gasteiger partial charge on any atom is -0.497 e. The van der Waals surface area contributed by atoms with Crippen molar-refractivity contribution < 1.29 is 22.1 Å². The fraction of sp³-hybridized carbons (Fsp3) is 0.333. The lowest BCUT2D eigenvalue weighted by Gasteiger charge is -2.19. The SMILES string of the molecule is COc1ccc(C2=C[C@H]3CC[C@@H]2[C@H]3[S@](=O)c2ccc(C(F)(F)F)cc2)cc1. The number of hydrogen-bond acceptors (Lipinski definition) is 2. The molecule has 6 heteroatoms. The molecule has 2 bridgehead atoms. The fourth-order valence-corrected chi connectivity index (χ4v) is 6.03. The van der Waals surface area contributed by atoms with E-state index < -0.39 is 22.5 Å². The van der Waals surface area contributed by atoms with Crippen LogP contribution in [0.25, 0.3) is 5.57 Å². The third kappa shape index (κ3) is 3.31.